The molecule has 3 heteroatoms. The van der Waals surface area contributed by atoms with Gasteiger partial charge in [0.2, 0.25) is 0 Å². The predicted octanol–water partition coefficient (Wildman–Crippen LogP) is 7.41. The Morgan fingerprint density at radius 3 is 1.00 bits per heavy atom. The maximum atomic E-state index is 3.53. The fraction of sp³-hybridized carbons (Fsp3) is 0. The topological polar surface area (TPSA) is 31.5 Å². The molecule has 0 spiro atoms. The highest BCUT2D eigenvalue weighted by Gasteiger charge is 2.00. The van der Waals surface area contributed by atoms with Crippen molar-refractivity contribution in [1.82, 2.24) is 0 Å². The van der Waals surface area contributed by atoms with Crippen molar-refractivity contribution in [2.45, 2.75) is 0 Å². The molecule has 0 fully saturated rings. The third kappa shape index (κ3) is 5.90. The summed E-state index contributed by atoms with van der Waals surface area (Å²) in [5.41, 5.74) is 4.97. The van der Waals surface area contributed by atoms with Crippen LogP contribution in [0.1, 0.15) is 0 Å². The van der Waals surface area contributed by atoms with E-state index in [0.29, 0.717) is 0 Å². The van der Waals surface area contributed by atoms with Gasteiger partial charge in [0.1, 0.15) is 0 Å². The zero-order valence-electron chi connectivity index (χ0n) is 14.6. The second kappa shape index (κ2) is 10.8. The molecule has 0 saturated carbocycles. The van der Waals surface area contributed by atoms with Crippen molar-refractivity contribution in [1.29, 1.82) is 0 Å². The predicted molar refractivity (Wildman–Crippen MR) is 123 cm³/mol. The van der Waals surface area contributed by atoms with Crippen LogP contribution in [-0.4, -0.2) is 5.48 Å². The first-order valence-electron chi connectivity index (χ1n) is 8.35. The fourth-order valence-corrected chi connectivity index (χ4v) is 3.65. The summed E-state index contributed by atoms with van der Waals surface area (Å²) in [4.78, 5) is 0. The molecule has 0 radical (unpaired) electrons. The summed E-state index contributed by atoms with van der Waals surface area (Å²) in [6.07, 6.45) is 0. The van der Waals surface area contributed by atoms with Crippen LogP contribution < -0.4 is 0 Å². The van der Waals surface area contributed by atoms with Crippen LogP contribution >= 0.6 is 31.9 Å². The molecule has 0 aliphatic rings. The van der Waals surface area contributed by atoms with Crippen LogP contribution in [0.15, 0.2) is 118 Å². The van der Waals surface area contributed by atoms with Gasteiger partial charge in [0.25, 0.3) is 0 Å². The molecule has 0 aromatic heterocycles. The van der Waals surface area contributed by atoms with Gasteiger partial charge in [-0.25, -0.2) is 0 Å². The van der Waals surface area contributed by atoms with Crippen molar-refractivity contribution in [3.63, 3.8) is 0 Å². The van der Waals surface area contributed by atoms with Crippen LogP contribution in [0, 0.1) is 0 Å². The van der Waals surface area contributed by atoms with Crippen molar-refractivity contribution >= 4 is 31.9 Å². The van der Waals surface area contributed by atoms with Gasteiger partial charge in [-0.3, -0.25) is 0 Å². The van der Waals surface area contributed by atoms with Gasteiger partial charge in [-0.2, -0.15) is 0 Å². The summed E-state index contributed by atoms with van der Waals surface area (Å²) in [6, 6.07) is 37.2. The molecule has 1 nitrogen and oxygen atoms in total. The summed E-state index contributed by atoms with van der Waals surface area (Å²) in [5, 5.41) is 0. The molecule has 27 heavy (non-hydrogen) atoms. The lowest BCUT2D eigenvalue weighted by Gasteiger charge is -2.02. The summed E-state index contributed by atoms with van der Waals surface area (Å²) in [7, 11) is 0. The van der Waals surface area contributed by atoms with E-state index in [-0.39, 0.29) is 5.48 Å². The minimum atomic E-state index is 0. The van der Waals surface area contributed by atoms with Crippen LogP contribution in [0.4, 0.5) is 0 Å². The first kappa shape index (κ1) is 21.1. The Balaban J connectivity index is 0.000000187. The van der Waals surface area contributed by atoms with E-state index in [1.165, 1.54) is 22.3 Å². The van der Waals surface area contributed by atoms with E-state index in [1.807, 2.05) is 36.4 Å². The van der Waals surface area contributed by atoms with Crippen LogP contribution in [0.2, 0.25) is 0 Å². The van der Waals surface area contributed by atoms with E-state index in [4.69, 9.17) is 0 Å². The molecule has 0 saturated heterocycles. The Morgan fingerprint density at radius 2 is 0.667 bits per heavy atom. The number of hydrogen-bond donors (Lipinski definition) is 0. The van der Waals surface area contributed by atoms with E-state index in [2.05, 4.69) is 105 Å². The largest absolute Gasteiger partial charge is 0.412 e. The summed E-state index contributed by atoms with van der Waals surface area (Å²) >= 11 is 7.07. The first-order valence-corrected chi connectivity index (χ1v) is 9.94. The quantitative estimate of drug-likeness (QED) is 0.284. The van der Waals surface area contributed by atoms with Crippen LogP contribution in [-0.2, 0) is 0 Å². The van der Waals surface area contributed by atoms with Crippen molar-refractivity contribution in [2.24, 2.45) is 0 Å². The lowest BCUT2D eigenvalue weighted by molar-refractivity contribution is 0.824. The highest BCUT2D eigenvalue weighted by atomic mass is 79.9. The molecule has 4 aromatic rings. The minimum Gasteiger partial charge on any atom is -0.412 e. The average Bonchev–Trinajstić information content (AvgIpc) is 2.71. The van der Waals surface area contributed by atoms with Gasteiger partial charge >= 0.3 is 0 Å². The van der Waals surface area contributed by atoms with Crippen molar-refractivity contribution in [3.8, 4) is 22.3 Å². The lowest BCUT2D eigenvalue weighted by Crippen LogP contribution is -1.77. The molecule has 0 unspecified atom stereocenters. The number of halogens is 2. The Kier molecular flexibility index (Phi) is 8.46. The Hall–Kier alpha value is -2.20. The van der Waals surface area contributed by atoms with Gasteiger partial charge in [0.15, 0.2) is 0 Å². The van der Waals surface area contributed by atoms with E-state index < -0.39 is 0 Å². The molecular formula is C24H20Br2O. The molecule has 4 aromatic carbocycles. The molecule has 136 valence electrons. The van der Waals surface area contributed by atoms with Crippen LogP contribution in [0.25, 0.3) is 22.3 Å². The number of benzene rings is 4. The molecule has 0 atom stereocenters. The molecule has 2 N–H and O–H groups in total. The molecular weight excluding hydrogens is 464 g/mol. The first-order chi connectivity index (χ1) is 12.8. The normalized spacial score (nSPS) is 9.56. The van der Waals surface area contributed by atoms with Crippen LogP contribution in [0.5, 0.6) is 0 Å². The summed E-state index contributed by atoms with van der Waals surface area (Å²) < 4.78 is 2.28. The number of hydrogen-bond acceptors (Lipinski definition) is 0. The van der Waals surface area contributed by atoms with E-state index >= 15 is 0 Å². The summed E-state index contributed by atoms with van der Waals surface area (Å²) in [5.74, 6) is 0. The van der Waals surface area contributed by atoms with Gasteiger partial charge in [0.05, 0.1) is 0 Å². The van der Waals surface area contributed by atoms with E-state index in [9.17, 15) is 0 Å². The Bertz CT molecular complexity index is 873. The van der Waals surface area contributed by atoms with Gasteiger partial charge in [-0.1, -0.05) is 129 Å². The molecule has 0 aliphatic carbocycles. The Morgan fingerprint density at radius 1 is 0.370 bits per heavy atom. The van der Waals surface area contributed by atoms with Gasteiger partial charge in [-0.15, -0.1) is 0 Å². The van der Waals surface area contributed by atoms with Crippen LogP contribution in [0.3, 0.4) is 0 Å². The van der Waals surface area contributed by atoms with E-state index in [0.717, 1.165) is 8.95 Å². The summed E-state index contributed by atoms with van der Waals surface area (Å²) in [6.45, 7) is 0. The molecule has 0 amide bonds. The van der Waals surface area contributed by atoms with Gasteiger partial charge < -0.3 is 5.48 Å². The average molecular weight is 484 g/mol. The second-order valence-corrected chi connectivity index (χ2v) is 7.40. The molecule has 0 aliphatic heterocycles. The molecule has 0 bridgehead atoms. The fourth-order valence-electron chi connectivity index (χ4n) is 2.63. The maximum absolute atomic E-state index is 3.53. The van der Waals surface area contributed by atoms with Gasteiger partial charge in [-0.05, 0) is 34.4 Å². The lowest BCUT2D eigenvalue weighted by atomic mass is 10.1. The number of rotatable bonds is 2. The smallest absolute Gasteiger partial charge is 0.0253 e. The zero-order chi connectivity index (χ0) is 18.2. The standard InChI is InChI=1S/2C12H9Br.H2O/c2*13-12-9-5-4-8-11(12)10-6-2-1-3-7-10;/h2*1-9H;1H2. The highest BCUT2D eigenvalue weighted by molar-refractivity contribution is 9.11. The minimum absolute atomic E-state index is 0. The third-order valence-electron chi connectivity index (χ3n) is 3.92. The SMILES string of the molecule is Brc1ccccc1-c1ccccc1.Brc1ccccc1-c1ccccc1.O. The monoisotopic (exact) mass is 482 g/mol. The molecule has 4 rings (SSSR count). The third-order valence-corrected chi connectivity index (χ3v) is 5.30. The Labute approximate surface area is 177 Å². The van der Waals surface area contributed by atoms with Gasteiger partial charge in [0, 0.05) is 8.95 Å². The van der Waals surface area contributed by atoms with Crippen molar-refractivity contribution in [3.05, 3.63) is 118 Å². The molecule has 0 heterocycles. The maximum Gasteiger partial charge on any atom is 0.0253 e. The highest BCUT2D eigenvalue weighted by Crippen LogP contribution is 2.28. The van der Waals surface area contributed by atoms with E-state index in [1.54, 1.807) is 0 Å². The van der Waals surface area contributed by atoms with Crippen molar-refractivity contribution in [2.75, 3.05) is 0 Å². The second-order valence-electron chi connectivity index (χ2n) is 5.69. The van der Waals surface area contributed by atoms with Crippen molar-refractivity contribution < 1.29 is 5.48 Å². The zero-order valence-corrected chi connectivity index (χ0v) is 17.8.